The number of hydrogen-bond donors (Lipinski definition) is 0. The minimum atomic E-state index is -3.32. The fourth-order valence-corrected chi connectivity index (χ4v) is 4.25. The van der Waals surface area contributed by atoms with Gasteiger partial charge in [0.15, 0.2) is 0 Å². The fraction of sp³-hybridized carbons (Fsp3) is 0.143. The van der Waals surface area contributed by atoms with Gasteiger partial charge in [-0.05, 0) is 0 Å². The monoisotopic (exact) mass is 268 g/mol. The normalized spacial score (nSPS) is 11.5. The van der Waals surface area contributed by atoms with Crippen LogP contribution >= 0.6 is 17.0 Å². The molecule has 4 heteroatoms. The van der Waals surface area contributed by atoms with Crippen LogP contribution in [0.2, 0.25) is 0 Å². The second-order valence-electron chi connectivity index (χ2n) is 2.09. The van der Waals surface area contributed by atoms with Gasteiger partial charge in [-0.1, -0.05) is 0 Å². The zero-order chi connectivity index (χ0) is 8.32. The van der Waals surface area contributed by atoms with Crippen LogP contribution in [0.25, 0.3) is 0 Å². The van der Waals surface area contributed by atoms with Gasteiger partial charge in [0.25, 0.3) is 0 Å². The van der Waals surface area contributed by atoms with Gasteiger partial charge in [-0.2, -0.15) is 0 Å². The summed E-state index contributed by atoms with van der Waals surface area (Å²) in [5.41, 5.74) is 0. The van der Waals surface area contributed by atoms with Crippen LogP contribution in [-0.2, 0) is 21.1 Å². The summed E-state index contributed by atoms with van der Waals surface area (Å²) in [4.78, 5) is 0. The van der Waals surface area contributed by atoms with E-state index in [0.717, 1.165) is 3.27 Å². The number of benzene rings is 1. The molecule has 0 bridgehead atoms. The van der Waals surface area contributed by atoms with E-state index in [2.05, 4.69) is 0 Å². The Morgan fingerprint density at radius 3 is 2.18 bits per heavy atom. The molecule has 0 amide bonds. The van der Waals surface area contributed by atoms with Gasteiger partial charge in [0.1, 0.15) is 0 Å². The third-order valence-corrected chi connectivity index (χ3v) is 9.51. The Hall–Kier alpha value is 0.643. The van der Waals surface area contributed by atoms with E-state index in [4.69, 9.17) is 19.8 Å². The summed E-state index contributed by atoms with van der Waals surface area (Å²) in [6, 6.07) is 9.55. The zero-order valence-electron chi connectivity index (χ0n) is 6.05. The van der Waals surface area contributed by atoms with Crippen LogP contribution in [0.4, 0.5) is 0 Å². The molecule has 11 heavy (non-hydrogen) atoms. The molecule has 0 saturated carbocycles. The molecule has 1 aromatic carbocycles. The van der Waals surface area contributed by atoms with Crippen LogP contribution in [0.5, 0.6) is 0 Å². The van der Waals surface area contributed by atoms with Crippen LogP contribution in [0.1, 0.15) is 0 Å². The first-order valence-corrected chi connectivity index (χ1v) is 11.7. The summed E-state index contributed by atoms with van der Waals surface area (Å²) < 4.78 is 6.02. The van der Waals surface area contributed by atoms with Crippen LogP contribution in [0, 0.1) is 0 Å². The van der Waals surface area contributed by atoms with Gasteiger partial charge in [-0.15, -0.1) is 0 Å². The van der Waals surface area contributed by atoms with Gasteiger partial charge in [0, 0.05) is 0 Å². The molecule has 1 nitrogen and oxygen atoms in total. The standard InChI is InChI=1S/C6H5.CH3O.2ClH.Zr/c1-2-4-6-5-3-1;1-2;;;/h1-5H;1H3;2*1H;/q;-1;;;+3/p-2. The topological polar surface area (TPSA) is 9.23 Å². The van der Waals surface area contributed by atoms with E-state index < -0.39 is 18.3 Å². The van der Waals surface area contributed by atoms with Crippen LogP contribution in [0.3, 0.4) is 0 Å². The molecule has 0 heterocycles. The van der Waals surface area contributed by atoms with E-state index in [0.29, 0.717) is 0 Å². The minimum absolute atomic E-state index is 0.952. The van der Waals surface area contributed by atoms with Gasteiger partial charge in [0.2, 0.25) is 0 Å². The number of hydrogen-bond acceptors (Lipinski definition) is 1. The Balaban J connectivity index is 2.93. The molecule has 1 rings (SSSR count). The van der Waals surface area contributed by atoms with Crippen LogP contribution < -0.4 is 3.27 Å². The van der Waals surface area contributed by atoms with E-state index in [1.165, 1.54) is 0 Å². The summed E-state index contributed by atoms with van der Waals surface area (Å²) in [5, 5.41) is 0. The molecule has 0 aliphatic heterocycles. The Morgan fingerprint density at radius 2 is 1.73 bits per heavy atom. The van der Waals surface area contributed by atoms with Crippen molar-refractivity contribution in [3.63, 3.8) is 0 Å². The average molecular weight is 270 g/mol. The summed E-state index contributed by atoms with van der Waals surface area (Å²) >= 11 is -3.32. The van der Waals surface area contributed by atoms with Crippen molar-refractivity contribution < 1.29 is 21.1 Å². The molecule has 0 radical (unpaired) electrons. The first-order chi connectivity index (χ1) is 5.17. The first kappa shape index (κ1) is 9.73. The molecule has 0 N–H and O–H groups in total. The molecule has 0 saturated heterocycles. The SMILES string of the molecule is C[O][Zr]([Cl])([Cl])[c]1ccccc1. The third kappa shape index (κ3) is 2.55. The second kappa shape index (κ2) is 4.04. The molecule has 0 atom stereocenters. The van der Waals surface area contributed by atoms with Crippen molar-refractivity contribution in [2.75, 3.05) is 7.11 Å². The van der Waals surface area contributed by atoms with Gasteiger partial charge in [-0.25, -0.2) is 0 Å². The molecular weight excluding hydrogens is 262 g/mol. The molecule has 0 aliphatic carbocycles. The van der Waals surface area contributed by atoms with Gasteiger partial charge in [-0.3, -0.25) is 0 Å². The maximum atomic E-state index is 6.00. The Morgan fingerprint density at radius 1 is 1.18 bits per heavy atom. The van der Waals surface area contributed by atoms with Crippen molar-refractivity contribution in [3.8, 4) is 0 Å². The Kier molecular flexibility index (Phi) is 3.58. The summed E-state index contributed by atoms with van der Waals surface area (Å²) in [6.07, 6.45) is 0. The van der Waals surface area contributed by atoms with Gasteiger partial charge < -0.3 is 0 Å². The fourth-order valence-electron chi connectivity index (χ4n) is 0.750. The molecule has 0 aromatic heterocycles. The summed E-state index contributed by atoms with van der Waals surface area (Å²) in [6.45, 7) is 0. The quantitative estimate of drug-likeness (QED) is 0.801. The molecule has 0 fully saturated rings. The average Bonchev–Trinajstić information content (AvgIpc) is 2.06. The van der Waals surface area contributed by atoms with Crippen molar-refractivity contribution in [1.82, 2.24) is 0 Å². The van der Waals surface area contributed by atoms with Crippen molar-refractivity contribution in [3.05, 3.63) is 30.3 Å². The summed E-state index contributed by atoms with van der Waals surface area (Å²) in [5.74, 6) is 0. The van der Waals surface area contributed by atoms with Crippen molar-refractivity contribution >= 4 is 20.3 Å². The second-order valence-corrected chi connectivity index (χ2v) is 14.5. The molecule has 0 aliphatic rings. The maximum absolute atomic E-state index is 6.00. The predicted octanol–water partition coefficient (Wildman–Crippen LogP) is 2.33. The van der Waals surface area contributed by atoms with Crippen molar-refractivity contribution in [2.24, 2.45) is 0 Å². The molecule has 60 valence electrons. The van der Waals surface area contributed by atoms with E-state index in [1.54, 1.807) is 7.11 Å². The zero-order valence-corrected chi connectivity index (χ0v) is 10.0. The van der Waals surface area contributed by atoms with Gasteiger partial charge >= 0.3 is 78.9 Å². The number of rotatable bonds is 2. The molecule has 1 aromatic rings. The van der Waals surface area contributed by atoms with Gasteiger partial charge in [0.05, 0.1) is 0 Å². The van der Waals surface area contributed by atoms with E-state index in [-0.39, 0.29) is 0 Å². The molecule has 0 spiro atoms. The van der Waals surface area contributed by atoms with E-state index >= 15 is 0 Å². The van der Waals surface area contributed by atoms with Crippen molar-refractivity contribution in [1.29, 1.82) is 0 Å². The summed E-state index contributed by atoms with van der Waals surface area (Å²) in [7, 11) is 13.6. The van der Waals surface area contributed by atoms with Crippen LogP contribution in [-0.4, -0.2) is 7.11 Å². The number of halogens is 2. The Labute approximate surface area is 78.4 Å². The van der Waals surface area contributed by atoms with E-state index in [1.807, 2.05) is 30.3 Å². The molecular formula is C7H8Cl2OZr. The van der Waals surface area contributed by atoms with Crippen molar-refractivity contribution in [2.45, 2.75) is 0 Å². The molecule has 0 unspecified atom stereocenters. The Bertz CT molecular complexity index is 225. The third-order valence-electron chi connectivity index (χ3n) is 1.37. The predicted molar refractivity (Wildman–Crippen MR) is 44.8 cm³/mol. The first-order valence-electron chi connectivity index (χ1n) is 3.15. The van der Waals surface area contributed by atoms with Crippen LogP contribution in [0.15, 0.2) is 30.3 Å². The van der Waals surface area contributed by atoms with E-state index in [9.17, 15) is 0 Å².